The van der Waals surface area contributed by atoms with Crippen molar-refractivity contribution in [3.63, 3.8) is 0 Å². The van der Waals surface area contributed by atoms with Crippen LogP contribution in [0.1, 0.15) is 42.3 Å². The van der Waals surface area contributed by atoms with Crippen LogP contribution in [-0.4, -0.2) is 45.0 Å². The van der Waals surface area contributed by atoms with Gasteiger partial charge in [0.1, 0.15) is 5.01 Å². The van der Waals surface area contributed by atoms with Crippen LogP contribution in [0, 0.1) is 12.8 Å². The fourth-order valence-electron chi connectivity index (χ4n) is 3.86. The number of unbranched alkanes of at least 4 members (excludes halogenated alkanes) is 1. The van der Waals surface area contributed by atoms with Crippen LogP contribution in [0.2, 0.25) is 0 Å². The first-order chi connectivity index (χ1) is 14.5. The molecule has 7 nitrogen and oxygen atoms in total. The summed E-state index contributed by atoms with van der Waals surface area (Å²) in [4.78, 5) is 30.2. The smallest absolute Gasteiger partial charge is 0.231 e. The summed E-state index contributed by atoms with van der Waals surface area (Å²) in [7, 11) is 0. The largest absolute Gasteiger partial charge is 0.361 e. The monoisotopic (exact) mass is 425 g/mol. The van der Waals surface area contributed by atoms with Crippen molar-refractivity contribution >= 4 is 39.2 Å². The van der Waals surface area contributed by atoms with Gasteiger partial charge in [0.05, 0.1) is 5.92 Å². The first-order valence-corrected chi connectivity index (χ1v) is 11.3. The van der Waals surface area contributed by atoms with E-state index in [1.165, 1.54) is 27.8 Å². The van der Waals surface area contributed by atoms with Crippen LogP contribution < -0.4 is 5.32 Å². The fraction of sp³-hybridized carbons (Fsp3) is 0.455. The maximum absolute atomic E-state index is 12.6. The molecule has 1 fully saturated rings. The molecule has 1 aliphatic rings. The van der Waals surface area contributed by atoms with Crippen LogP contribution in [0.5, 0.6) is 0 Å². The van der Waals surface area contributed by atoms with Gasteiger partial charge in [0.2, 0.25) is 16.9 Å². The highest BCUT2D eigenvalue weighted by atomic mass is 32.1. The van der Waals surface area contributed by atoms with E-state index in [0.29, 0.717) is 18.2 Å². The molecular formula is C22H27N5O2S. The fourth-order valence-corrected chi connectivity index (χ4v) is 4.64. The number of hydrogen-bond donors (Lipinski definition) is 2. The maximum atomic E-state index is 12.6. The van der Waals surface area contributed by atoms with E-state index in [0.717, 1.165) is 36.2 Å². The molecule has 1 unspecified atom stereocenters. The standard InChI is InChI=1S/C22H27N5O2S/c1-3-4-5-19-25-26-22(30-19)24-21(29)16-11-20(28)27(13-16)9-8-15-12-23-18-7-6-14(2)10-17(15)18/h6-7,10,12,16,23H,3-5,8-9,11,13H2,1-2H3,(H,24,26,29). The summed E-state index contributed by atoms with van der Waals surface area (Å²) in [6.45, 7) is 5.28. The molecule has 2 amide bonds. The van der Waals surface area contributed by atoms with Crippen LogP contribution in [0.3, 0.4) is 0 Å². The minimum absolute atomic E-state index is 0.0343. The molecule has 158 valence electrons. The molecule has 1 saturated heterocycles. The van der Waals surface area contributed by atoms with E-state index in [-0.39, 0.29) is 24.2 Å². The van der Waals surface area contributed by atoms with Gasteiger partial charge >= 0.3 is 0 Å². The van der Waals surface area contributed by atoms with E-state index in [9.17, 15) is 9.59 Å². The number of anilines is 1. The van der Waals surface area contributed by atoms with Gasteiger partial charge in [0.15, 0.2) is 0 Å². The second-order valence-electron chi connectivity index (χ2n) is 7.95. The Labute approximate surface area is 179 Å². The summed E-state index contributed by atoms with van der Waals surface area (Å²) in [5.41, 5.74) is 3.52. The van der Waals surface area contributed by atoms with Gasteiger partial charge in [0.25, 0.3) is 0 Å². The number of carbonyl (C=O) groups excluding carboxylic acids is 2. The van der Waals surface area contributed by atoms with Crippen LogP contribution >= 0.6 is 11.3 Å². The van der Waals surface area contributed by atoms with Gasteiger partial charge in [-0.3, -0.25) is 9.59 Å². The third-order valence-corrected chi connectivity index (χ3v) is 6.50. The number of fused-ring (bicyclic) bond motifs is 1. The first kappa shape index (κ1) is 20.5. The number of likely N-dealkylation sites (tertiary alicyclic amines) is 1. The molecule has 0 spiro atoms. The highest BCUT2D eigenvalue weighted by molar-refractivity contribution is 7.15. The van der Waals surface area contributed by atoms with Crippen molar-refractivity contribution in [1.29, 1.82) is 0 Å². The van der Waals surface area contributed by atoms with Gasteiger partial charge in [-0.25, -0.2) is 0 Å². The van der Waals surface area contributed by atoms with Gasteiger partial charge in [-0.2, -0.15) is 0 Å². The number of hydrogen-bond acceptors (Lipinski definition) is 5. The van der Waals surface area contributed by atoms with Crippen molar-refractivity contribution in [3.05, 3.63) is 40.5 Å². The highest BCUT2D eigenvalue weighted by Gasteiger charge is 2.34. The predicted octanol–water partition coefficient (Wildman–Crippen LogP) is 3.70. The molecule has 0 radical (unpaired) electrons. The Morgan fingerprint density at radius 1 is 1.33 bits per heavy atom. The Morgan fingerprint density at radius 3 is 3.03 bits per heavy atom. The third kappa shape index (κ3) is 4.53. The Kier molecular flexibility index (Phi) is 6.13. The van der Waals surface area contributed by atoms with E-state index in [1.807, 2.05) is 6.20 Å². The number of benzene rings is 1. The lowest BCUT2D eigenvalue weighted by atomic mass is 10.1. The van der Waals surface area contributed by atoms with Gasteiger partial charge < -0.3 is 15.2 Å². The van der Waals surface area contributed by atoms with E-state index >= 15 is 0 Å². The van der Waals surface area contributed by atoms with Crippen LogP contribution in [0.4, 0.5) is 5.13 Å². The van der Waals surface area contributed by atoms with Crippen molar-refractivity contribution in [2.24, 2.45) is 5.92 Å². The Bertz CT molecular complexity index is 1060. The maximum Gasteiger partial charge on any atom is 0.231 e. The number of aryl methyl sites for hydroxylation is 2. The number of amides is 2. The van der Waals surface area contributed by atoms with Crippen molar-refractivity contribution in [3.8, 4) is 0 Å². The number of aromatic nitrogens is 3. The number of nitrogens with one attached hydrogen (secondary N) is 2. The van der Waals surface area contributed by atoms with Gasteiger partial charge in [0, 0.05) is 43.0 Å². The normalized spacial score (nSPS) is 16.5. The zero-order valence-corrected chi connectivity index (χ0v) is 18.2. The molecule has 1 aliphatic heterocycles. The quantitative estimate of drug-likeness (QED) is 0.576. The summed E-state index contributed by atoms with van der Waals surface area (Å²) in [6, 6.07) is 6.33. The molecule has 2 N–H and O–H groups in total. The number of carbonyl (C=O) groups is 2. The van der Waals surface area contributed by atoms with Crippen molar-refractivity contribution in [1.82, 2.24) is 20.1 Å². The molecule has 4 rings (SSSR count). The lowest BCUT2D eigenvalue weighted by molar-refractivity contribution is -0.128. The zero-order valence-electron chi connectivity index (χ0n) is 17.4. The van der Waals surface area contributed by atoms with Gasteiger partial charge in [-0.15, -0.1) is 10.2 Å². The van der Waals surface area contributed by atoms with E-state index in [4.69, 9.17) is 0 Å². The number of H-pyrrole nitrogens is 1. The number of rotatable bonds is 8. The van der Waals surface area contributed by atoms with E-state index in [2.05, 4.69) is 52.5 Å². The highest BCUT2D eigenvalue weighted by Crippen LogP contribution is 2.24. The topological polar surface area (TPSA) is 91.0 Å². The average Bonchev–Trinajstić information content (AvgIpc) is 3.43. The van der Waals surface area contributed by atoms with Crippen molar-refractivity contribution in [2.75, 3.05) is 18.4 Å². The van der Waals surface area contributed by atoms with Gasteiger partial charge in [-0.1, -0.05) is 36.3 Å². The minimum atomic E-state index is -0.342. The SMILES string of the molecule is CCCCc1nnc(NC(=O)C2CC(=O)N(CCc3c[nH]c4ccc(C)cc34)C2)s1. The summed E-state index contributed by atoms with van der Waals surface area (Å²) >= 11 is 1.42. The molecule has 1 atom stereocenters. The molecule has 0 aliphatic carbocycles. The molecule has 3 aromatic rings. The molecule has 0 saturated carbocycles. The number of nitrogens with zero attached hydrogens (tertiary/aromatic N) is 3. The molecule has 8 heteroatoms. The zero-order chi connectivity index (χ0) is 21.1. The lowest BCUT2D eigenvalue weighted by Crippen LogP contribution is -2.30. The van der Waals surface area contributed by atoms with Crippen LogP contribution in [0.15, 0.2) is 24.4 Å². The summed E-state index contributed by atoms with van der Waals surface area (Å²) in [5, 5.41) is 13.7. The lowest BCUT2D eigenvalue weighted by Gasteiger charge is -2.16. The van der Waals surface area contributed by atoms with Crippen LogP contribution in [-0.2, 0) is 22.4 Å². The second-order valence-corrected chi connectivity index (χ2v) is 9.01. The summed E-state index contributed by atoms with van der Waals surface area (Å²) in [6.07, 6.45) is 6.07. The third-order valence-electron chi connectivity index (χ3n) is 5.60. The van der Waals surface area contributed by atoms with E-state index < -0.39 is 0 Å². The van der Waals surface area contributed by atoms with E-state index in [1.54, 1.807) is 4.90 Å². The molecule has 2 aromatic heterocycles. The predicted molar refractivity (Wildman–Crippen MR) is 119 cm³/mol. The second kappa shape index (κ2) is 8.95. The Morgan fingerprint density at radius 2 is 2.20 bits per heavy atom. The molecule has 0 bridgehead atoms. The molecular weight excluding hydrogens is 398 g/mol. The Balaban J connectivity index is 1.32. The molecule has 1 aromatic carbocycles. The summed E-state index contributed by atoms with van der Waals surface area (Å²) in [5.74, 6) is -0.454. The molecule has 3 heterocycles. The summed E-state index contributed by atoms with van der Waals surface area (Å²) < 4.78 is 0. The average molecular weight is 426 g/mol. The van der Waals surface area contributed by atoms with Crippen molar-refractivity contribution in [2.45, 2.75) is 46.0 Å². The van der Waals surface area contributed by atoms with Crippen molar-refractivity contribution < 1.29 is 9.59 Å². The Hall–Kier alpha value is -2.74. The van der Waals surface area contributed by atoms with Gasteiger partial charge in [-0.05, 0) is 37.5 Å². The first-order valence-electron chi connectivity index (χ1n) is 10.5. The molecule has 30 heavy (non-hydrogen) atoms. The van der Waals surface area contributed by atoms with Crippen LogP contribution in [0.25, 0.3) is 10.9 Å². The number of aromatic amines is 1. The minimum Gasteiger partial charge on any atom is -0.361 e.